The Hall–Kier alpha value is -3.00. The van der Waals surface area contributed by atoms with Crippen LogP contribution in [0.15, 0.2) is 42.6 Å². The second-order valence-electron chi connectivity index (χ2n) is 8.60. The normalized spacial score (nSPS) is 31.4. The molecular weight excluding hydrogens is 387 g/mol. The van der Waals surface area contributed by atoms with Crippen LogP contribution in [0.3, 0.4) is 0 Å². The maximum atomic E-state index is 13.5. The molecule has 1 aromatic carbocycles. The molecule has 0 saturated carbocycles. The van der Waals surface area contributed by atoms with E-state index >= 15 is 0 Å². The largest absolute Gasteiger partial charge is 0.360 e. The highest BCUT2D eigenvalue weighted by Gasteiger charge is 2.67. The summed E-state index contributed by atoms with van der Waals surface area (Å²) in [6.07, 6.45) is 6.03. The van der Waals surface area contributed by atoms with E-state index in [0.717, 1.165) is 23.2 Å². The lowest BCUT2D eigenvalue weighted by atomic mass is 9.76. The lowest BCUT2D eigenvalue weighted by molar-refractivity contribution is -0.144. The average molecular weight is 408 g/mol. The fourth-order valence-corrected chi connectivity index (χ4v) is 5.43. The smallest absolute Gasteiger partial charge is 0.230 e. The summed E-state index contributed by atoms with van der Waals surface area (Å²) in [5.41, 5.74) is 2.21. The number of halogens is 1. The van der Waals surface area contributed by atoms with Crippen LogP contribution in [-0.4, -0.2) is 56.6 Å². The Balaban J connectivity index is 1.25. The second kappa shape index (κ2) is 6.25. The molecule has 2 saturated heterocycles. The van der Waals surface area contributed by atoms with Gasteiger partial charge in [-0.15, -0.1) is 0 Å². The van der Waals surface area contributed by atoms with Gasteiger partial charge in [-0.3, -0.25) is 14.7 Å². The van der Waals surface area contributed by atoms with Crippen LogP contribution in [0.4, 0.5) is 4.39 Å². The van der Waals surface area contributed by atoms with Crippen LogP contribution in [0.2, 0.25) is 0 Å². The number of aromatic nitrogens is 2. The molecule has 1 aromatic heterocycles. The topological polar surface area (TPSA) is 78.5 Å². The summed E-state index contributed by atoms with van der Waals surface area (Å²) in [6, 6.07) is 6.15. The molecule has 2 aromatic rings. The van der Waals surface area contributed by atoms with Crippen molar-refractivity contribution in [2.75, 3.05) is 13.1 Å². The number of likely N-dealkylation sites (tertiary alicyclic amines) is 1. The summed E-state index contributed by atoms with van der Waals surface area (Å²) >= 11 is 0. The molecule has 0 unspecified atom stereocenters. The van der Waals surface area contributed by atoms with E-state index in [1.165, 1.54) is 12.1 Å². The number of ether oxygens (including phenoxy) is 1. The molecule has 154 valence electrons. The van der Waals surface area contributed by atoms with E-state index in [1.807, 2.05) is 17.1 Å². The van der Waals surface area contributed by atoms with Crippen LogP contribution in [0.25, 0.3) is 0 Å². The number of H-pyrrole nitrogens is 1. The number of hydrogen-bond acceptors (Lipinski definition) is 4. The zero-order chi connectivity index (χ0) is 20.5. The number of nitrogens with zero attached hydrogens (tertiary/aromatic N) is 3. The molecule has 1 spiro atoms. The van der Waals surface area contributed by atoms with E-state index in [9.17, 15) is 14.0 Å². The first-order valence-electron chi connectivity index (χ1n) is 10.2. The number of fused-ring (bicyclic) bond motifs is 2. The van der Waals surface area contributed by atoms with Gasteiger partial charge in [0, 0.05) is 37.3 Å². The number of rotatable bonds is 3. The van der Waals surface area contributed by atoms with Crippen molar-refractivity contribution in [1.82, 2.24) is 20.0 Å². The fraction of sp³-hybridized carbons (Fsp3) is 0.409. The van der Waals surface area contributed by atoms with E-state index < -0.39 is 17.4 Å². The van der Waals surface area contributed by atoms with Gasteiger partial charge in [-0.25, -0.2) is 4.39 Å². The number of nitrogens with one attached hydrogen (secondary N) is 1. The zero-order valence-corrected chi connectivity index (χ0v) is 16.3. The summed E-state index contributed by atoms with van der Waals surface area (Å²) in [6.45, 7) is 1.90. The van der Waals surface area contributed by atoms with Crippen molar-refractivity contribution < 1.29 is 18.7 Å². The molecule has 1 N–H and O–H groups in total. The Labute approximate surface area is 172 Å². The molecule has 2 amide bonds. The Bertz CT molecular complexity index is 1060. The zero-order valence-electron chi connectivity index (χ0n) is 16.3. The molecule has 5 heterocycles. The van der Waals surface area contributed by atoms with Crippen LogP contribution in [0.5, 0.6) is 0 Å². The van der Waals surface area contributed by atoms with Crippen LogP contribution >= 0.6 is 0 Å². The van der Waals surface area contributed by atoms with Crippen molar-refractivity contribution in [2.24, 2.45) is 11.8 Å². The highest BCUT2D eigenvalue weighted by molar-refractivity contribution is 5.93. The average Bonchev–Trinajstić information content (AvgIpc) is 3.50. The summed E-state index contributed by atoms with van der Waals surface area (Å²) in [4.78, 5) is 30.4. The van der Waals surface area contributed by atoms with Crippen LogP contribution < -0.4 is 0 Å². The molecule has 4 aliphatic rings. The van der Waals surface area contributed by atoms with Crippen molar-refractivity contribution in [3.8, 4) is 0 Å². The first-order chi connectivity index (χ1) is 14.5. The van der Waals surface area contributed by atoms with Crippen molar-refractivity contribution in [2.45, 2.75) is 31.2 Å². The molecule has 0 aliphatic carbocycles. The maximum absolute atomic E-state index is 13.5. The van der Waals surface area contributed by atoms with E-state index in [1.54, 1.807) is 23.2 Å². The van der Waals surface area contributed by atoms with Crippen LogP contribution in [0.1, 0.15) is 16.8 Å². The predicted octanol–water partition coefficient (Wildman–Crippen LogP) is 1.42. The van der Waals surface area contributed by atoms with E-state index in [2.05, 4.69) is 10.2 Å². The highest BCUT2D eigenvalue weighted by atomic mass is 19.1. The van der Waals surface area contributed by atoms with Gasteiger partial charge in [0.05, 0.1) is 30.7 Å². The minimum atomic E-state index is -0.737. The number of amides is 2. The molecule has 8 heteroatoms. The van der Waals surface area contributed by atoms with Crippen molar-refractivity contribution in [3.63, 3.8) is 0 Å². The number of carbonyl (C=O) groups is 2. The van der Waals surface area contributed by atoms with Gasteiger partial charge in [0.15, 0.2) is 0 Å². The SMILES string of the molecule is O=C([C@H]1[C@@H]2C=C[C@@]3(CN(Cc4ccc(F)cc4)C(=O)[C@@H]13)O2)N1CCc2[nH]ncc2C1. The van der Waals surface area contributed by atoms with Gasteiger partial charge in [0.1, 0.15) is 11.4 Å². The van der Waals surface area contributed by atoms with Gasteiger partial charge in [0.25, 0.3) is 0 Å². The highest BCUT2D eigenvalue weighted by Crippen LogP contribution is 2.52. The Morgan fingerprint density at radius 1 is 1.33 bits per heavy atom. The molecule has 6 rings (SSSR count). The lowest BCUT2D eigenvalue weighted by Crippen LogP contribution is -2.47. The molecule has 4 aliphatic heterocycles. The quantitative estimate of drug-likeness (QED) is 0.780. The number of carbonyl (C=O) groups excluding carboxylic acids is 2. The molecule has 30 heavy (non-hydrogen) atoms. The first-order valence-corrected chi connectivity index (χ1v) is 10.2. The third-order valence-electron chi connectivity index (χ3n) is 6.86. The van der Waals surface area contributed by atoms with E-state index in [0.29, 0.717) is 26.2 Å². The van der Waals surface area contributed by atoms with Crippen molar-refractivity contribution >= 4 is 11.8 Å². The number of hydrogen-bond donors (Lipinski definition) is 1. The molecule has 7 nitrogen and oxygen atoms in total. The molecular formula is C22H21FN4O3. The molecule has 4 atom stereocenters. The summed E-state index contributed by atoms with van der Waals surface area (Å²) < 4.78 is 19.4. The van der Waals surface area contributed by atoms with Crippen LogP contribution in [0, 0.1) is 17.7 Å². The first kappa shape index (κ1) is 17.8. The van der Waals surface area contributed by atoms with Gasteiger partial charge in [-0.05, 0) is 17.7 Å². The van der Waals surface area contributed by atoms with Gasteiger partial charge in [-0.1, -0.05) is 24.3 Å². The fourth-order valence-electron chi connectivity index (χ4n) is 5.43. The summed E-state index contributed by atoms with van der Waals surface area (Å²) in [5.74, 6) is -1.41. The Morgan fingerprint density at radius 3 is 3.00 bits per heavy atom. The lowest BCUT2D eigenvalue weighted by Gasteiger charge is -2.32. The van der Waals surface area contributed by atoms with Gasteiger partial charge in [0.2, 0.25) is 11.8 Å². The third-order valence-corrected chi connectivity index (χ3v) is 6.86. The summed E-state index contributed by atoms with van der Waals surface area (Å²) in [7, 11) is 0. The van der Waals surface area contributed by atoms with Gasteiger partial charge in [-0.2, -0.15) is 5.10 Å². The molecule has 2 fully saturated rings. The van der Waals surface area contributed by atoms with E-state index in [-0.39, 0.29) is 23.7 Å². The Morgan fingerprint density at radius 2 is 2.17 bits per heavy atom. The van der Waals surface area contributed by atoms with Gasteiger partial charge < -0.3 is 14.5 Å². The number of benzene rings is 1. The number of aromatic amines is 1. The van der Waals surface area contributed by atoms with Crippen LogP contribution in [-0.2, 0) is 33.8 Å². The minimum absolute atomic E-state index is 0.0277. The predicted molar refractivity (Wildman–Crippen MR) is 103 cm³/mol. The van der Waals surface area contributed by atoms with Crippen molar-refractivity contribution in [3.05, 3.63) is 65.3 Å². The minimum Gasteiger partial charge on any atom is -0.360 e. The third kappa shape index (κ3) is 2.49. The van der Waals surface area contributed by atoms with E-state index in [4.69, 9.17) is 4.74 Å². The maximum Gasteiger partial charge on any atom is 0.230 e. The Kier molecular flexibility index (Phi) is 3.71. The van der Waals surface area contributed by atoms with Gasteiger partial charge >= 0.3 is 0 Å². The molecule has 0 radical (unpaired) electrons. The monoisotopic (exact) mass is 408 g/mol. The van der Waals surface area contributed by atoms with Crippen molar-refractivity contribution in [1.29, 1.82) is 0 Å². The second-order valence-corrected chi connectivity index (χ2v) is 8.60. The summed E-state index contributed by atoms with van der Waals surface area (Å²) in [5, 5.41) is 7.05. The molecule has 2 bridgehead atoms. The standard InChI is InChI=1S/C22H21FN4O3/c23-15-3-1-13(2-4-15)10-27-12-22-7-5-17(30-22)18(19(22)21(27)29)20(28)26-8-6-16-14(11-26)9-24-25-16/h1-5,7,9,17-19H,6,8,10-12H2,(H,24,25)/t17-,18-,19+,22-/m0/s1.